The fourth-order valence-corrected chi connectivity index (χ4v) is 1.50. The average molecular weight is 224 g/mol. The minimum absolute atomic E-state index is 0.102. The number of rotatable bonds is 2. The molecule has 0 atom stereocenters. The normalized spacial score (nSPS) is 11.0. The van der Waals surface area contributed by atoms with E-state index in [1.165, 1.54) is 18.5 Å². The van der Waals surface area contributed by atoms with Crippen LogP contribution in [0.15, 0.2) is 30.6 Å². The number of phenolic OH excluding ortho intramolecular Hbond substituents is 1. The Hall–Kier alpha value is -1.91. The van der Waals surface area contributed by atoms with Crippen molar-refractivity contribution in [2.45, 2.75) is 13.5 Å². The van der Waals surface area contributed by atoms with Gasteiger partial charge in [0.1, 0.15) is 5.75 Å². The SMILES string of the molecule is Cc1ccc(O)cc1-c1cnn(C(F)F)c1. The van der Waals surface area contributed by atoms with E-state index in [-0.39, 0.29) is 5.75 Å². The van der Waals surface area contributed by atoms with Crippen LogP contribution in [0, 0.1) is 6.92 Å². The van der Waals surface area contributed by atoms with Gasteiger partial charge in [0, 0.05) is 11.8 Å². The zero-order valence-corrected chi connectivity index (χ0v) is 8.56. The van der Waals surface area contributed by atoms with Crippen molar-refractivity contribution in [2.24, 2.45) is 0 Å². The molecule has 0 spiro atoms. The Bertz CT molecular complexity index is 508. The van der Waals surface area contributed by atoms with Crippen LogP contribution >= 0.6 is 0 Å². The number of nitrogens with zero attached hydrogens (tertiary/aromatic N) is 2. The molecule has 3 nitrogen and oxygen atoms in total. The third kappa shape index (κ3) is 1.88. The largest absolute Gasteiger partial charge is 0.508 e. The molecule has 1 N–H and O–H groups in total. The van der Waals surface area contributed by atoms with Gasteiger partial charge in [-0.3, -0.25) is 0 Å². The maximum absolute atomic E-state index is 12.3. The maximum Gasteiger partial charge on any atom is 0.333 e. The molecule has 2 aromatic rings. The van der Waals surface area contributed by atoms with Crippen LogP contribution in [0.25, 0.3) is 11.1 Å². The average Bonchev–Trinajstić information content (AvgIpc) is 2.70. The third-order valence-corrected chi connectivity index (χ3v) is 2.33. The Morgan fingerprint density at radius 2 is 2.12 bits per heavy atom. The molecule has 84 valence electrons. The first kappa shape index (κ1) is 10.6. The lowest BCUT2D eigenvalue weighted by atomic mass is 10.0. The second-order valence-electron chi connectivity index (χ2n) is 3.49. The zero-order chi connectivity index (χ0) is 11.7. The first-order chi connectivity index (χ1) is 7.58. The molecule has 0 aliphatic carbocycles. The highest BCUT2D eigenvalue weighted by atomic mass is 19.3. The Labute approximate surface area is 91.0 Å². The molecule has 0 aliphatic heterocycles. The molecule has 0 bridgehead atoms. The predicted molar refractivity (Wildman–Crippen MR) is 55.3 cm³/mol. The van der Waals surface area contributed by atoms with Crippen molar-refractivity contribution in [3.63, 3.8) is 0 Å². The van der Waals surface area contributed by atoms with Crippen molar-refractivity contribution in [3.05, 3.63) is 36.2 Å². The third-order valence-electron chi connectivity index (χ3n) is 2.33. The smallest absolute Gasteiger partial charge is 0.333 e. The van der Waals surface area contributed by atoms with Gasteiger partial charge in [-0.05, 0) is 30.2 Å². The highest BCUT2D eigenvalue weighted by Crippen LogP contribution is 2.27. The molecule has 0 aliphatic rings. The number of halogens is 2. The van der Waals surface area contributed by atoms with Gasteiger partial charge in [-0.15, -0.1) is 0 Å². The lowest BCUT2D eigenvalue weighted by molar-refractivity contribution is 0.0566. The van der Waals surface area contributed by atoms with Gasteiger partial charge in [0.25, 0.3) is 0 Å². The molecule has 0 saturated carbocycles. The Kier molecular flexibility index (Phi) is 2.60. The van der Waals surface area contributed by atoms with Crippen LogP contribution < -0.4 is 0 Å². The second kappa shape index (κ2) is 3.92. The van der Waals surface area contributed by atoms with Gasteiger partial charge in [0.05, 0.1) is 6.20 Å². The Balaban J connectivity index is 2.46. The van der Waals surface area contributed by atoms with Crippen molar-refractivity contribution in [2.75, 3.05) is 0 Å². The van der Waals surface area contributed by atoms with E-state index in [1.54, 1.807) is 12.1 Å². The number of benzene rings is 1. The zero-order valence-electron chi connectivity index (χ0n) is 8.56. The second-order valence-corrected chi connectivity index (χ2v) is 3.49. The molecular formula is C11H10F2N2O. The summed E-state index contributed by atoms with van der Waals surface area (Å²) in [7, 11) is 0. The monoisotopic (exact) mass is 224 g/mol. The van der Waals surface area contributed by atoms with Gasteiger partial charge in [-0.1, -0.05) is 6.07 Å². The van der Waals surface area contributed by atoms with Crippen molar-refractivity contribution in [1.29, 1.82) is 0 Å². The van der Waals surface area contributed by atoms with Crippen molar-refractivity contribution >= 4 is 0 Å². The van der Waals surface area contributed by atoms with Crippen LogP contribution in [0.5, 0.6) is 5.75 Å². The van der Waals surface area contributed by atoms with Crippen LogP contribution in [0.2, 0.25) is 0 Å². The molecule has 0 saturated heterocycles. The number of hydrogen-bond donors (Lipinski definition) is 1. The molecule has 0 unspecified atom stereocenters. The molecule has 2 rings (SSSR count). The highest BCUT2D eigenvalue weighted by molar-refractivity contribution is 5.67. The molecule has 1 heterocycles. The summed E-state index contributed by atoms with van der Waals surface area (Å²) in [6.45, 7) is -0.805. The lowest BCUT2D eigenvalue weighted by Crippen LogP contribution is -1.96. The standard InChI is InChI=1S/C11H10F2N2O/c1-7-2-3-9(16)4-10(7)8-5-14-15(6-8)11(12)13/h2-6,11,16H,1H3. The summed E-state index contributed by atoms with van der Waals surface area (Å²) in [6.07, 6.45) is 2.61. The van der Waals surface area contributed by atoms with Crippen LogP contribution in [0.3, 0.4) is 0 Å². The van der Waals surface area contributed by atoms with E-state index in [0.29, 0.717) is 15.8 Å². The molecule has 5 heteroatoms. The number of aryl methyl sites for hydroxylation is 1. The van der Waals surface area contributed by atoms with E-state index >= 15 is 0 Å². The van der Waals surface area contributed by atoms with Crippen molar-refractivity contribution in [3.8, 4) is 16.9 Å². The lowest BCUT2D eigenvalue weighted by Gasteiger charge is -2.03. The summed E-state index contributed by atoms with van der Waals surface area (Å²) < 4.78 is 25.2. The van der Waals surface area contributed by atoms with E-state index in [1.807, 2.05) is 6.92 Å². The summed E-state index contributed by atoms with van der Waals surface area (Å²) >= 11 is 0. The number of aromatic nitrogens is 2. The van der Waals surface area contributed by atoms with Gasteiger partial charge in [0.15, 0.2) is 0 Å². The first-order valence-corrected chi connectivity index (χ1v) is 4.70. The first-order valence-electron chi connectivity index (χ1n) is 4.70. The summed E-state index contributed by atoms with van der Waals surface area (Å²) in [5, 5.41) is 12.9. The minimum atomic E-state index is -2.65. The summed E-state index contributed by atoms with van der Waals surface area (Å²) in [6, 6.07) is 4.81. The fraction of sp³-hybridized carbons (Fsp3) is 0.182. The number of phenols is 1. The van der Waals surface area contributed by atoms with Gasteiger partial charge >= 0.3 is 6.55 Å². The van der Waals surface area contributed by atoms with E-state index < -0.39 is 6.55 Å². The summed E-state index contributed by atoms with van der Waals surface area (Å²) in [5.74, 6) is 0.102. The maximum atomic E-state index is 12.3. The van der Waals surface area contributed by atoms with Crippen LogP contribution in [0.4, 0.5) is 8.78 Å². The predicted octanol–water partition coefficient (Wildman–Crippen LogP) is 2.96. The Morgan fingerprint density at radius 3 is 2.75 bits per heavy atom. The molecular weight excluding hydrogens is 214 g/mol. The molecule has 1 aromatic carbocycles. The minimum Gasteiger partial charge on any atom is -0.508 e. The molecule has 0 radical (unpaired) electrons. The van der Waals surface area contributed by atoms with Crippen LogP contribution in [0.1, 0.15) is 12.1 Å². The summed E-state index contributed by atoms with van der Waals surface area (Å²) in [5.41, 5.74) is 2.16. The summed E-state index contributed by atoms with van der Waals surface area (Å²) in [4.78, 5) is 0. The molecule has 16 heavy (non-hydrogen) atoms. The number of aromatic hydroxyl groups is 1. The molecule has 0 amide bonds. The van der Waals surface area contributed by atoms with Crippen LogP contribution in [-0.4, -0.2) is 14.9 Å². The van der Waals surface area contributed by atoms with Crippen LogP contribution in [-0.2, 0) is 0 Å². The molecule has 1 aromatic heterocycles. The van der Waals surface area contributed by atoms with Crippen molar-refractivity contribution in [1.82, 2.24) is 9.78 Å². The van der Waals surface area contributed by atoms with Crippen molar-refractivity contribution < 1.29 is 13.9 Å². The topological polar surface area (TPSA) is 38.1 Å². The molecule has 0 fully saturated rings. The van der Waals surface area contributed by atoms with E-state index in [4.69, 9.17) is 0 Å². The van der Waals surface area contributed by atoms with Gasteiger partial charge < -0.3 is 5.11 Å². The van der Waals surface area contributed by atoms with E-state index in [9.17, 15) is 13.9 Å². The quantitative estimate of drug-likeness (QED) is 0.851. The van der Waals surface area contributed by atoms with E-state index in [0.717, 1.165) is 5.56 Å². The highest BCUT2D eigenvalue weighted by Gasteiger charge is 2.10. The van der Waals surface area contributed by atoms with Gasteiger partial charge in [0.2, 0.25) is 0 Å². The number of alkyl halides is 2. The van der Waals surface area contributed by atoms with E-state index in [2.05, 4.69) is 5.10 Å². The Morgan fingerprint density at radius 1 is 1.38 bits per heavy atom. The number of hydrogen-bond acceptors (Lipinski definition) is 2. The van der Waals surface area contributed by atoms with Gasteiger partial charge in [-0.25, -0.2) is 4.68 Å². The fourth-order valence-electron chi connectivity index (χ4n) is 1.50. The van der Waals surface area contributed by atoms with Gasteiger partial charge in [-0.2, -0.15) is 13.9 Å².